The van der Waals surface area contributed by atoms with Crippen molar-refractivity contribution in [3.63, 3.8) is 0 Å². The molecule has 1 fully saturated rings. The Hall–Kier alpha value is -1.59. The van der Waals surface area contributed by atoms with Crippen molar-refractivity contribution in [1.29, 1.82) is 0 Å². The molecule has 2 N–H and O–H groups in total. The zero-order chi connectivity index (χ0) is 11.5. The van der Waals surface area contributed by atoms with Crippen LogP contribution in [0.15, 0.2) is 30.3 Å². The summed E-state index contributed by atoms with van der Waals surface area (Å²) in [4.78, 5) is 10.6. The smallest absolute Gasteiger partial charge is 0.432 e. The first kappa shape index (κ1) is 10.9. The lowest BCUT2D eigenvalue weighted by atomic mass is 10.3. The summed E-state index contributed by atoms with van der Waals surface area (Å²) in [7, 11) is 0. The van der Waals surface area contributed by atoms with E-state index in [9.17, 15) is 4.79 Å². The van der Waals surface area contributed by atoms with Crippen molar-refractivity contribution in [2.75, 3.05) is 0 Å². The Morgan fingerprint density at radius 3 is 2.75 bits per heavy atom. The third-order valence-electron chi connectivity index (χ3n) is 1.68. The van der Waals surface area contributed by atoms with Crippen LogP contribution in [0.4, 0.5) is 4.79 Å². The van der Waals surface area contributed by atoms with Crippen LogP contribution in [0.3, 0.4) is 0 Å². The molecule has 0 bridgehead atoms. The first-order chi connectivity index (χ1) is 7.65. The van der Waals surface area contributed by atoms with E-state index in [1.54, 1.807) is 18.2 Å². The van der Waals surface area contributed by atoms with Crippen LogP contribution in [0.1, 0.15) is 0 Å². The van der Waals surface area contributed by atoms with E-state index in [2.05, 4.69) is 15.6 Å². The molecule has 7 heteroatoms. The first-order valence-electron chi connectivity index (χ1n) is 4.21. The van der Waals surface area contributed by atoms with E-state index in [0.29, 0.717) is 15.8 Å². The van der Waals surface area contributed by atoms with Gasteiger partial charge in [0.15, 0.2) is 6.26 Å². The highest BCUT2D eigenvalue weighted by Crippen LogP contribution is 2.27. The van der Waals surface area contributed by atoms with Crippen LogP contribution < -0.4 is 15.6 Å². The fraction of sp³-hybridized carbons (Fsp3) is 0. The molecule has 1 heterocycles. The van der Waals surface area contributed by atoms with Gasteiger partial charge in [0.2, 0.25) is 0 Å². The third kappa shape index (κ3) is 2.50. The van der Waals surface area contributed by atoms with Crippen molar-refractivity contribution in [2.45, 2.75) is 0 Å². The molecule has 1 aliphatic rings. The number of rotatable bonds is 2. The van der Waals surface area contributed by atoms with Crippen LogP contribution in [0.5, 0.6) is 5.75 Å². The van der Waals surface area contributed by atoms with Crippen LogP contribution in [0.25, 0.3) is 0 Å². The highest BCUT2D eigenvalue weighted by Gasteiger charge is 2.15. The fourth-order valence-electron chi connectivity index (χ4n) is 1.00. The number of amides is 1. The predicted octanol–water partition coefficient (Wildman–Crippen LogP) is 2.42. The molecule has 84 valence electrons. The van der Waals surface area contributed by atoms with Gasteiger partial charge < -0.3 is 9.47 Å². The number of halogens is 2. The molecule has 0 saturated carbocycles. The van der Waals surface area contributed by atoms with Gasteiger partial charge in [-0.3, -0.25) is 5.43 Å². The molecule has 1 saturated heterocycles. The van der Waals surface area contributed by atoms with E-state index >= 15 is 0 Å². The van der Waals surface area contributed by atoms with Crippen molar-refractivity contribution in [3.8, 4) is 5.75 Å². The summed E-state index contributed by atoms with van der Waals surface area (Å²) in [6.07, 6.45) is 0.615. The SMILES string of the molecule is O=C1NN/C(=C\Oc2ccc(Cl)cc2Cl)O1. The third-order valence-corrected chi connectivity index (χ3v) is 2.21. The van der Waals surface area contributed by atoms with E-state index in [1.165, 1.54) is 6.26 Å². The normalized spacial score (nSPS) is 16.6. The summed E-state index contributed by atoms with van der Waals surface area (Å²) in [5.41, 5.74) is 4.67. The van der Waals surface area contributed by atoms with E-state index in [-0.39, 0.29) is 5.88 Å². The molecular weight excluding hydrogens is 255 g/mol. The van der Waals surface area contributed by atoms with Gasteiger partial charge in [-0.15, -0.1) is 0 Å². The number of hydrazine groups is 1. The molecule has 1 aromatic rings. The van der Waals surface area contributed by atoms with E-state index in [4.69, 9.17) is 27.9 Å². The average molecular weight is 261 g/mol. The molecule has 0 spiro atoms. The van der Waals surface area contributed by atoms with Crippen LogP contribution in [-0.4, -0.2) is 6.09 Å². The van der Waals surface area contributed by atoms with E-state index in [0.717, 1.165) is 0 Å². The minimum absolute atomic E-state index is 0.149. The minimum Gasteiger partial charge on any atom is -0.458 e. The van der Waals surface area contributed by atoms with Gasteiger partial charge in [0, 0.05) is 5.02 Å². The topological polar surface area (TPSA) is 59.6 Å². The Balaban J connectivity index is 2.07. The lowest BCUT2D eigenvalue weighted by Gasteiger charge is -2.03. The van der Waals surface area contributed by atoms with Crippen LogP contribution in [-0.2, 0) is 4.74 Å². The number of carbonyl (C=O) groups is 1. The summed E-state index contributed by atoms with van der Waals surface area (Å²) in [6.45, 7) is 0. The number of benzene rings is 1. The minimum atomic E-state index is -0.600. The van der Waals surface area contributed by atoms with Crippen molar-refractivity contribution < 1.29 is 14.3 Å². The second-order valence-corrected chi connectivity index (χ2v) is 3.66. The maximum absolute atomic E-state index is 10.6. The molecule has 2 rings (SSSR count). The van der Waals surface area contributed by atoms with Gasteiger partial charge >= 0.3 is 6.09 Å². The molecule has 0 aromatic heterocycles. The number of carbonyl (C=O) groups excluding carboxylic acids is 1. The first-order valence-corrected chi connectivity index (χ1v) is 4.96. The Morgan fingerprint density at radius 1 is 1.31 bits per heavy atom. The Kier molecular flexibility index (Phi) is 3.07. The standard InChI is InChI=1S/C9H6Cl2N2O3/c10-5-1-2-7(6(11)3-5)15-4-8-12-13-9(14)16-8/h1-4,12H,(H,13,14)/b8-4+. The summed E-state index contributed by atoms with van der Waals surface area (Å²) < 4.78 is 9.84. The van der Waals surface area contributed by atoms with Crippen LogP contribution in [0, 0.1) is 0 Å². The summed E-state index contributed by atoms with van der Waals surface area (Å²) in [5, 5.41) is 0.874. The van der Waals surface area contributed by atoms with Crippen molar-refractivity contribution in [3.05, 3.63) is 40.4 Å². The molecule has 0 aliphatic carbocycles. The zero-order valence-corrected chi connectivity index (χ0v) is 9.30. The predicted molar refractivity (Wildman–Crippen MR) is 57.9 cm³/mol. The molecule has 1 amide bonds. The Bertz CT molecular complexity index is 462. The van der Waals surface area contributed by atoms with Crippen molar-refractivity contribution in [1.82, 2.24) is 10.9 Å². The largest absolute Gasteiger partial charge is 0.458 e. The van der Waals surface area contributed by atoms with Crippen molar-refractivity contribution >= 4 is 29.3 Å². The van der Waals surface area contributed by atoms with E-state index < -0.39 is 6.09 Å². The molecule has 0 unspecified atom stereocenters. The van der Waals surface area contributed by atoms with E-state index in [1.807, 2.05) is 0 Å². The van der Waals surface area contributed by atoms with Crippen LogP contribution in [0.2, 0.25) is 10.0 Å². The van der Waals surface area contributed by atoms with Gasteiger partial charge in [-0.2, -0.15) is 0 Å². The number of ether oxygens (including phenoxy) is 2. The molecular formula is C9H6Cl2N2O3. The van der Waals surface area contributed by atoms with Gasteiger partial charge in [-0.1, -0.05) is 23.2 Å². The van der Waals surface area contributed by atoms with Crippen LogP contribution >= 0.6 is 23.2 Å². The lowest BCUT2D eigenvalue weighted by molar-refractivity contribution is 0.193. The lowest BCUT2D eigenvalue weighted by Crippen LogP contribution is -2.24. The monoisotopic (exact) mass is 260 g/mol. The number of cyclic esters (lactones) is 1. The molecule has 1 aliphatic heterocycles. The maximum atomic E-state index is 10.6. The maximum Gasteiger partial charge on any atom is 0.432 e. The summed E-state index contributed by atoms with van der Waals surface area (Å²) in [5.74, 6) is 0.555. The van der Waals surface area contributed by atoms with Gasteiger partial charge in [-0.05, 0) is 18.2 Å². The number of nitrogens with one attached hydrogen (secondary N) is 2. The highest BCUT2D eigenvalue weighted by atomic mass is 35.5. The quantitative estimate of drug-likeness (QED) is 0.802. The molecule has 1 aromatic carbocycles. The average Bonchev–Trinajstić information content (AvgIpc) is 2.63. The van der Waals surface area contributed by atoms with Gasteiger partial charge in [0.05, 0.1) is 5.02 Å². The molecule has 16 heavy (non-hydrogen) atoms. The van der Waals surface area contributed by atoms with Gasteiger partial charge in [0.25, 0.3) is 5.88 Å². The summed E-state index contributed by atoms with van der Waals surface area (Å²) >= 11 is 11.6. The summed E-state index contributed by atoms with van der Waals surface area (Å²) in [6, 6.07) is 4.78. The van der Waals surface area contributed by atoms with Crippen molar-refractivity contribution in [2.24, 2.45) is 0 Å². The number of hydrogen-bond acceptors (Lipinski definition) is 4. The number of hydrogen-bond donors (Lipinski definition) is 2. The molecule has 0 radical (unpaired) electrons. The molecule has 5 nitrogen and oxygen atoms in total. The highest BCUT2D eigenvalue weighted by molar-refractivity contribution is 6.35. The zero-order valence-electron chi connectivity index (χ0n) is 7.79. The second-order valence-electron chi connectivity index (χ2n) is 2.81. The van der Waals surface area contributed by atoms with Gasteiger partial charge in [-0.25, -0.2) is 10.2 Å². The molecule has 0 atom stereocenters. The second kappa shape index (κ2) is 4.51. The Labute approximate surface area is 101 Å². The Morgan fingerprint density at radius 2 is 2.12 bits per heavy atom. The van der Waals surface area contributed by atoms with Gasteiger partial charge in [0.1, 0.15) is 5.75 Å². The fourth-order valence-corrected chi connectivity index (χ4v) is 1.46.